The molecule has 2 N–H and O–H groups in total. The lowest BCUT2D eigenvalue weighted by Gasteiger charge is -2.43. The summed E-state index contributed by atoms with van der Waals surface area (Å²) in [6, 6.07) is 3.81. The molecule has 11 heteroatoms. The minimum absolute atomic E-state index is 0.0150. The summed E-state index contributed by atoms with van der Waals surface area (Å²) < 4.78 is 71.1. The van der Waals surface area contributed by atoms with E-state index < -0.39 is 47.3 Å². The number of halogens is 5. The van der Waals surface area contributed by atoms with Gasteiger partial charge in [0.25, 0.3) is 24.3 Å². The molecule has 2 aromatic rings. The standard InChI is InChI=1S/C26H29F5N4O2/c1-13(14-5-3-6-15(21(14)27)23(28)29)35(22-16-10-33(2)11-17(16)22)19-9-20(36)34(12-18(19)24(32)37)26(25(30)31)7-4-8-26/h3,5-6,9,12-13,16-17,22-23,25H,4,7-8,10-11H2,1-2H3,(H2,32,37)/t13-,16?,17?,22?/m1/s1. The van der Waals surface area contributed by atoms with E-state index in [4.69, 9.17) is 5.73 Å². The largest absolute Gasteiger partial charge is 0.365 e. The molecular weight excluding hydrogens is 495 g/mol. The van der Waals surface area contributed by atoms with Crippen LogP contribution < -0.4 is 16.2 Å². The van der Waals surface area contributed by atoms with Crippen LogP contribution in [0.2, 0.25) is 0 Å². The quantitative estimate of drug-likeness (QED) is 0.523. The van der Waals surface area contributed by atoms with Gasteiger partial charge in [0.05, 0.1) is 22.9 Å². The number of likely N-dealkylation sites (tertiary alicyclic amines) is 1. The lowest BCUT2D eigenvalue weighted by Crippen LogP contribution is -2.52. The third kappa shape index (κ3) is 4.02. The number of amides is 1. The Morgan fingerprint density at radius 3 is 2.27 bits per heavy atom. The van der Waals surface area contributed by atoms with Crippen LogP contribution in [0, 0.1) is 17.7 Å². The van der Waals surface area contributed by atoms with Crippen molar-refractivity contribution >= 4 is 11.6 Å². The minimum Gasteiger partial charge on any atom is -0.365 e. The van der Waals surface area contributed by atoms with Crippen molar-refractivity contribution in [2.75, 3.05) is 25.0 Å². The van der Waals surface area contributed by atoms with Crippen LogP contribution in [-0.4, -0.2) is 48.0 Å². The number of fused-ring (bicyclic) bond motifs is 1. The number of anilines is 1. The summed E-state index contributed by atoms with van der Waals surface area (Å²) in [5, 5.41) is 0. The normalized spacial score (nSPS) is 25.2. The van der Waals surface area contributed by atoms with Crippen molar-refractivity contribution in [3.8, 4) is 0 Å². The molecule has 5 rings (SSSR count). The molecule has 0 radical (unpaired) electrons. The molecule has 2 unspecified atom stereocenters. The number of pyridine rings is 1. The molecule has 1 aromatic carbocycles. The van der Waals surface area contributed by atoms with Crippen molar-refractivity contribution in [1.29, 1.82) is 0 Å². The highest BCUT2D eigenvalue weighted by Gasteiger charge is 2.59. The van der Waals surface area contributed by atoms with Gasteiger partial charge in [0, 0.05) is 37.0 Å². The maximum absolute atomic E-state index is 15.2. The van der Waals surface area contributed by atoms with Gasteiger partial charge in [-0.15, -0.1) is 0 Å². The number of carbonyl (C=O) groups is 1. The molecule has 37 heavy (non-hydrogen) atoms. The first-order chi connectivity index (χ1) is 17.5. The number of rotatable bonds is 8. The van der Waals surface area contributed by atoms with Crippen LogP contribution in [0.1, 0.15) is 60.1 Å². The number of primary amides is 1. The van der Waals surface area contributed by atoms with Gasteiger partial charge in [0.15, 0.2) is 0 Å². The summed E-state index contributed by atoms with van der Waals surface area (Å²) in [5.74, 6) is -1.68. The summed E-state index contributed by atoms with van der Waals surface area (Å²) in [5.41, 5.74) is 2.48. The molecule has 0 spiro atoms. The predicted molar refractivity (Wildman–Crippen MR) is 128 cm³/mol. The van der Waals surface area contributed by atoms with Gasteiger partial charge in [0.2, 0.25) is 0 Å². The fourth-order valence-electron chi connectivity index (χ4n) is 6.33. The van der Waals surface area contributed by atoms with Gasteiger partial charge in [-0.3, -0.25) is 9.59 Å². The fraction of sp³-hybridized carbons (Fsp3) is 0.538. The molecule has 6 nitrogen and oxygen atoms in total. The van der Waals surface area contributed by atoms with E-state index in [0.717, 1.165) is 36.0 Å². The second kappa shape index (κ2) is 9.11. The second-order valence-electron chi connectivity index (χ2n) is 10.6. The molecule has 3 atom stereocenters. The van der Waals surface area contributed by atoms with Crippen molar-refractivity contribution in [3.63, 3.8) is 0 Å². The lowest BCUT2D eigenvalue weighted by molar-refractivity contribution is -0.0504. The molecule has 2 heterocycles. The van der Waals surface area contributed by atoms with Crippen LogP contribution in [0.5, 0.6) is 0 Å². The van der Waals surface area contributed by atoms with Gasteiger partial charge in [-0.05, 0) is 45.1 Å². The molecule has 200 valence electrons. The number of aromatic nitrogens is 1. The molecule has 2 aliphatic carbocycles. The number of nitrogens with zero attached hydrogens (tertiary/aromatic N) is 3. The zero-order valence-corrected chi connectivity index (χ0v) is 20.5. The zero-order chi connectivity index (χ0) is 26.8. The Bertz CT molecular complexity index is 1270. The van der Waals surface area contributed by atoms with Crippen molar-refractivity contribution in [2.45, 2.75) is 56.7 Å². The Morgan fingerprint density at radius 2 is 1.76 bits per heavy atom. The average molecular weight is 525 g/mol. The van der Waals surface area contributed by atoms with E-state index in [9.17, 15) is 27.2 Å². The van der Waals surface area contributed by atoms with Gasteiger partial charge >= 0.3 is 0 Å². The van der Waals surface area contributed by atoms with Crippen molar-refractivity contribution in [2.24, 2.45) is 17.6 Å². The molecule has 3 fully saturated rings. The SMILES string of the molecule is C[C@H](c1cccc(C(F)F)c1F)N(c1cc(=O)n(C2(C(F)F)CCC2)cc1C(N)=O)C1C2CN(C)CC21. The number of hydrogen-bond acceptors (Lipinski definition) is 4. The Kier molecular flexibility index (Phi) is 6.32. The third-order valence-corrected chi connectivity index (χ3v) is 8.49. The summed E-state index contributed by atoms with van der Waals surface area (Å²) in [4.78, 5) is 29.7. The van der Waals surface area contributed by atoms with Crippen LogP contribution in [-0.2, 0) is 5.54 Å². The first-order valence-electron chi connectivity index (χ1n) is 12.4. The number of nitrogens with two attached hydrogens (primary N) is 1. The van der Waals surface area contributed by atoms with E-state index >= 15 is 4.39 Å². The van der Waals surface area contributed by atoms with Crippen LogP contribution in [0.25, 0.3) is 0 Å². The predicted octanol–water partition coefficient (Wildman–Crippen LogP) is 4.30. The maximum Gasteiger partial charge on any atom is 0.266 e. The van der Waals surface area contributed by atoms with Gasteiger partial charge in [0.1, 0.15) is 11.4 Å². The number of alkyl halides is 4. The van der Waals surface area contributed by atoms with E-state index in [2.05, 4.69) is 4.90 Å². The first kappa shape index (κ1) is 25.7. The highest BCUT2D eigenvalue weighted by atomic mass is 19.3. The number of benzene rings is 1. The van der Waals surface area contributed by atoms with E-state index in [1.165, 1.54) is 12.1 Å². The summed E-state index contributed by atoms with van der Waals surface area (Å²) in [7, 11) is 1.96. The Labute approximate surface area is 210 Å². The van der Waals surface area contributed by atoms with Crippen LogP contribution in [0.3, 0.4) is 0 Å². The average Bonchev–Trinajstić information content (AvgIpc) is 3.26. The Balaban J connectivity index is 1.65. The summed E-state index contributed by atoms with van der Waals surface area (Å²) in [6.07, 6.45) is -4.04. The topological polar surface area (TPSA) is 71.6 Å². The third-order valence-electron chi connectivity index (χ3n) is 8.49. The highest BCUT2D eigenvalue weighted by molar-refractivity contribution is 5.98. The summed E-state index contributed by atoms with van der Waals surface area (Å²) >= 11 is 0. The molecule has 1 aliphatic heterocycles. The van der Waals surface area contributed by atoms with E-state index in [-0.39, 0.29) is 47.5 Å². The minimum atomic E-state index is -3.02. The van der Waals surface area contributed by atoms with E-state index in [1.807, 2.05) is 7.05 Å². The van der Waals surface area contributed by atoms with Crippen molar-refractivity contribution < 1.29 is 26.7 Å². The van der Waals surface area contributed by atoms with E-state index in [0.29, 0.717) is 6.42 Å². The molecule has 1 amide bonds. The summed E-state index contributed by atoms with van der Waals surface area (Å²) in [6.45, 7) is 3.08. The molecule has 0 bridgehead atoms. The molecule has 1 saturated heterocycles. The zero-order valence-electron chi connectivity index (χ0n) is 20.5. The van der Waals surface area contributed by atoms with E-state index in [1.54, 1.807) is 11.8 Å². The van der Waals surface area contributed by atoms with Gasteiger partial charge in [-0.2, -0.15) is 0 Å². The van der Waals surface area contributed by atoms with Gasteiger partial charge < -0.3 is 20.1 Å². The first-order valence-corrected chi connectivity index (χ1v) is 12.4. The molecular formula is C26H29F5N4O2. The smallest absolute Gasteiger partial charge is 0.266 e. The van der Waals surface area contributed by atoms with Gasteiger partial charge in [-0.1, -0.05) is 18.2 Å². The molecule has 3 aliphatic rings. The van der Waals surface area contributed by atoms with Gasteiger partial charge in [-0.25, -0.2) is 22.0 Å². The monoisotopic (exact) mass is 524 g/mol. The number of piperidine rings is 1. The fourth-order valence-corrected chi connectivity index (χ4v) is 6.33. The lowest BCUT2D eigenvalue weighted by atomic mass is 9.76. The molecule has 2 saturated carbocycles. The highest BCUT2D eigenvalue weighted by Crippen LogP contribution is 2.53. The number of hydrogen-bond donors (Lipinski definition) is 1. The maximum atomic E-state index is 15.2. The molecule has 1 aromatic heterocycles. The van der Waals surface area contributed by atoms with Crippen molar-refractivity contribution in [1.82, 2.24) is 9.47 Å². The second-order valence-corrected chi connectivity index (χ2v) is 10.6. The Morgan fingerprint density at radius 1 is 1.14 bits per heavy atom. The van der Waals surface area contributed by atoms with Crippen LogP contribution in [0.15, 0.2) is 35.3 Å². The Hall–Kier alpha value is -2.95. The van der Waals surface area contributed by atoms with Crippen LogP contribution >= 0.6 is 0 Å². The number of carbonyl (C=O) groups excluding carboxylic acids is 1. The van der Waals surface area contributed by atoms with Crippen LogP contribution in [0.4, 0.5) is 27.6 Å². The van der Waals surface area contributed by atoms with Crippen molar-refractivity contribution in [3.05, 3.63) is 63.3 Å².